The van der Waals surface area contributed by atoms with Crippen molar-refractivity contribution in [3.05, 3.63) is 95.6 Å². The van der Waals surface area contributed by atoms with Crippen molar-refractivity contribution in [3.8, 4) is 5.75 Å². The summed E-state index contributed by atoms with van der Waals surface area (Å²) in [5.74, 6) is -0.433. The minimum atomic E-state index is -0.623. The number of fused-ring (bicyclic) bond motifs is 1. The van der Waals surface area contributed by atoms with Gasteiger partial charge in [0.05, 0.1) is 0 Å². The van der Waals surface area contributed by atoms with Crippen LogP contribution in [-0.2, 0) is 29.2 Å². The van der Waals surface area contributed by atoms with Crippen molar-refractivity contribution in [3.63, 3.8) is 0 Å². The minimum absolute atomic E-state index is 0.467. The molecule has 0 aromatic heterocycles. The lowest BCUT2D eigenvalue weighted by Gasteiger charge is -2.28. The molecular formula is C24H22N2O3. The molecule has 0 atom stereocenters. The third-order valence-corrected chi connectivity index (χ3v) is 4.97. The summed E-state index contributed by atoms with van der Waals surface area (Å²) < 4.78 is 5.74. The number of carbonyl (C=O) groups excluding carboxylic acids is 2. The van der Waals surface area contributed by atoms with E-state index in [0.29, 0.717) is 31.1 Å². The lowest BCUT2D eigenvalue weighted by atomic mass is 10.00. The Morgan fingerprint density at radius 2 is 1.55 bits per heavy atom. The van der Waals surface area contributed by atoms with Crippen molar-refractivity contribution in [2.24, 2.45) is 0 Å². The molecule has 0 saturated heterocycles. The van der Waals surface area contributed by atoms with Crippen LogP contribution in [0.25, 0.3) is 0 Å². The molecule has 1 N–H and O–H groups in total. The van der Waals surface area contributed by atoms with E-state index >= 15 is 0 Å². The SMILES string of the molecule is O=C(Nc1ccc(OCc2ccccc2)cc1)C(=O)N1CCc2ccccc2C1. The van der Waals surface area contributed by atoms with Gasteiger partial charge >= 0.3 is 11.8 Å². The van der Waals surface area contributed by atoms with Crippen LogP contribution in [0.3, 0.4) is 0 Å². The number of benzene rings is 3. The largest absolute Gasteiger partial charge is 0.489 e. The molecule has 0 radical (unpaired) electrons. The zero-order chi connectivity index (χ0) is 20.1. The molecule has 1 heterocycles. The van der Waals surface area contributed by atoms with Crippen molar-refractivity contribution < 1.29 is 14.3 Å². The van der Waals surface area contributed by atoms with Gasteiger partial charge in [0.2, 0.25) is 0 Å². The maximum atomic E-state index is 12.5. The molecule has 1 aliphatic rings. The zero-order valence-electron chi connectivity index (χ0n) is 16.0. The van der Waals surface area contributed by atoms with Gasteiger partial charge < -0.3 is 15.0 Å². The first-order chi connectivity index (χ1) is 14.2. The number of hydrogen-bond donors (Lipinski definition) is 1. The molecule has 2 amide bonds. The van der Waals surface area contributed by atoms with Gasteiger partial charge in [-0.25, -0.2) is 0 Å². The van der Waals surface area contributed by atoms with E-state index in [1.165, 1.54) is 5.56 Å². The van der Waals surface area contributed by atoms with E-state index in [0.717, 1.165) is 17.5 Å². The van der Waals surface area contributed by atoms with Gasteiger partial charge in [-0.15, -0.1) is 0 Å². The Balaban J connectivity index is 1.32. The first-order valence-electron chi connectivity index (χ1n) is 9.63. The number of ether oxygens (including phenoxy) is 1. The van der Waals surface area contributed by atoms with Gasteiger partial charge in [0.25, 0.3) is 0 Å². The lowest BCUT2D eigenvalue weighted by Crippen LogP contribution is -2.42. The van der Waals surface area contributed by atoms with Gasteiger partial charge in [-0.05, 0) is 47.4 Å². The first kappa shape index (κ1) is 18.7. The maximum Gasteiger partial charge on any atom is 0.313 e. The molecule has 5 nitrogen and oxygen atoms in total. The smallest absolute Gasteiger partial charge is 0.313 e. The van der Waals surface area contributed by atoms with Gasteiger partial charge in [-0.1, -0.05) is 54.6 Å². The third kappa shape index (κ3) is 4.63. The van der Waals surface area contributed by atoms with Gasteiger partial charge in [0.1, 0.15) is 12.4 Å². The molecule has 0 unspecified atom stereocenters. The molecule has 146 valence electrons. The standard InChI is InChI=1S/C24H22N2O3/c27-23(24(28)26-15-14-19-8-4-5-9-20(19)16-26)25-21-10-12-22(13-11-21)29-17-18-6-2-1-3-7-18/h1-13H,14-17H2,(H,25,27). The Bertz CT molecular complexity index is 1000. The Labute approximate surface area is 169 Å². The fourth-order valence-corrected chi connectivity index (χ4v) is 3.37. The van der Waals surface area contributed by atoms with Crippen LogP contribution in [-0.4, -0.2) is 23.3 Å². The van der Waals surface area contributed by atoms with E-state index in [9.17, 15) is 9.59 Å². The summed E-state index contributed by atoms with van der Waals surface area (Å²) in [5, 5.41) is 2.68. The van der Waals surface area contributed by atoms with Crippen LogP contribution >= 0.6 is 0 Å². The van der Waals surface area contributed by atoms with Crippen molar-refractivity contribution in [1.29, 1.82) is 0 Å². The van der Waals surface area contributed by atoms with Crippen LogP contribution < -0.4 is 10.1 Å². The van der Waals surface area contributed by atoms with Crippen LogP contribution in [0.1, 0.15) is 16.7 Å². The number of rotatable bonds is 4. The lowest BCUT2D eigenvalue weighted by molar-refractivity contribution is -0.143. The molecule has 0 fully saturated rings. The quantitative estimate of drug-likeness (QED) is 0.694. The second kappa shape index (κ2) is 8.61. The second-order valence-corrected chi connectivity index (χ2v) is 7.00. The van der Waals surface area contributed by atoms with E-state index in [1.54, 1.807) is 29.2 Å². The van der Waals surface area contributed by atoms with Crippen molar-refractivity contribution >= 4 is 17.5 Å². The van der Waals surface area contributed by atoms with Crippen LogP contribution in [0.4, 0.5) is 5.69 Å². The summed E-state index contributed by atoms with van der Waals surface area (Å²) in [6, 6.07) is 24.9. The average Bonchev–Trinajstić information content (AvgIpc) is 2.78. The molecule has 3 aromatic carbocycles. The highest BCUT2D eigenvalue weighted by atomic mass is 16.5. The van der Waals surface area contributed by atoms with Gasteiger partial charge in [-0.2, -0.15) is 0 Å². The summed E-state index contributed by atoms with van der Waals surface area (Å²) in [5.41, 5.74) is 3.98. The summed E-state index contributed by atoms with van der Waals surface area (Å²) in [4.78, 5) is 26.5. The van der Waals surface area contributed by atoms with Crippen molar-refractivity contribution in [2.45, 2.75) is 19.6 Å². The van der Waals surface area contributed by atoms with Gasteiger partial charge in [-0.3, -0.25) is 9.59 Å². The molecule has 3 aromatic rings. The van der Waals surface area contributed by atoms with E-state index in [1.807, 2.05) is 48.5 Å². The predicted octanol–water partition coefficient (Wildman–Crippen LogP) is 3.79. The molecule has 0 spiro atoms. The summed E-state index contributed by atoms with van der Waals surface area (Å²) in [6.07, 6.45) is 0.767. The fourth-order valence-electron chi connectivity index (χ4n) is 3.37. The number of nitrogens with zero attached hydrogens (tertiary/aromatic N) is 1. The van der Waals surface area contributed by atoms with Crippen LogP contribution in [0.2, 0.25) is 0 Å². The first-order valence-corrected chi connectivity index (χ1v) is 9.63. The van der Waals surface area contributed by atoms with Crippen LogP contribution in [0, 0.1) is 0 Å². The van der Waals surface area contributed by atoms with Crippen molar-refractivity contribution in [1.82, 2.24) is 4.90 Å². The predicted molar refractivity (Wildman–Crippen MR) is 111 cm³/mol. The second-order valence-electron chi connectivity index (χ2n) is 7.00. The Morgan fingerprint density at radius 1 is 0.862 bits per heavy atom. The Kier molecular flexibility index (Phi) is 5.56. The van der Waals surface area contributed by atoms with Crippen LogP contribution in [0.5, 0.6) is 5.75 Å². The summed E-state index contributed by atoms with van der Waals surface area (Å²) in [7, 11) is 0. The molecule has 29 heavy (non-hydrogen) atoms. The molecule has 0 bridgehead atoms. The number of anilines is 1. The topological polar surface area (TPSA) is 58.6 Å². The molecule has 0 saturated carbocycles. The normalized spacial score (nSPS) is 12.8. The highest BCUT2D eigenvalue weighted by molar-refractivity contribution is 6.39. The number of carbonyl (C=O) groups is 2. The van der Waals surface area contributed by atoms with Gasteiger partial charge in [0, 0.05) is 18.8 Å². The van der Waals surface area contributed by atoms with Crippen molar-refractivity contribution in [2.75, 3.05) is 11.9 Å². The average molecular weight is 386 g/mol. The molecule has 1 aliphatic heterocycles. The zero-order valence-corrected chi connectivity index (χ0v) is 16.0. The Morgan fingerprint density at radius 3 is 2.31 bits per heavy atom. The maximum absolute atomic E-state index is 12.5. The molecule has 0 aliphatic carbocycles. The van der Waals surface area contributed by atoms with Gasteiger partial charge in [0.15, 0.2) is 0 Å². The van der Waals surface area contributed by atoms with E-state index in [-0.39, 0.29) is 0 Å². The summed E-state index contributed by atoms with van der Waals surface area (Å²) in [6.45, 7) is 1.49. The molecule has 5 heteroatoms. The molecular weight excluding hydrogens is 364 g/mol. The number of hydrogen-bond acceptors (Lipinski definition) is 3. The number of amides is 2. The highest BCUT2D eigenvalue weighted by Gasteiger charge is 2.25. The third-order valence-electron chi connectivity index (χ3n) is 4.97. The Hall–Kier alpha value is -3.60. The number of nitrogens with one attached hydrogen (secondary N) is 1. The monoisotopic (exact) mass is 386 g/mol. The highest BCUT2D eigenvalue weighted by Crippen LogP contribution is 2.20. The van der Waals surface area contributed by atoms with Crippen LogP contribution in [0.15, 0.2) is 78.9 Å². The van der Waals surface area contributed by atoms with E-state index in [2.05, 4.69) is 11.4 Å². The summed E-state index contributed by atoms with van der Waals surface area (Å²) >= 11 is 0. The fraction of sp³-hybridized carbons (Fsp3) is 0.167. The minimum Gasteiger partial charge on any atom is -0.489 e. The molecule has 4 rings (SSSR count). The van der Waals surface area contributed by atoms with E-state index < -0.39 is 11.8 Å². The van der Waals surface area contributed by atoms with E-state index in [4.69, 9.17) is 4.74 Å².